The summed E-state index contributed by atoms with van der Waals surface area (Å²) in [4.78, 5) is 11.3. The van der Waals surface area contributed by atoms with Gasteiger partial charge in [0.2, 0.25) is 0 Å². The molecule has 0 unspecified atom stereocenters. The Kier molecular flexibility index (Phi) is 5.42. The van der Waals surface area contributed by atoms with Gasteiger partial charge in [-0.3, -0.25) is 4.79 Å². The van der Waals surface area contributed by atoms with Gasteiger partial charge in [-0.15, -0.1) is 0 Å². The van der Waals surface area contributed by atoms with Crippen molar-refractivity contribution in [3.63, 3.8) is 0 Å². The van der Waals surface area contributed by atoms with E-state index in [4.69, 9.17) is 0 Å². The zero-order valence-electron chi connectivity index (χ0n) is 11.2. The monoisotopic (exact) mass is 271 g/mol. The minimum absolute atomic E-state index is 0.0203. The Labute approximate surface area is 111 Å². The van der Waals surface area contributed by atoms with Crippen LogP contribution < -0.4 is 5.32 Å². The van der Waals surface area contributed by atoms with Gasteiger partial charge in [0.1, 0.15) is 11.6 Å². The third kappa shape index (κ3) is 3.50. The van der Waals surface area contributed by atoms with Crippen LogP contribution in [0.25, 0.3) is 0 Å². The van der Waals surface area contributed by atoms with Gasteiger partial charge in [0.05, 0.1) is 5.41 Å². The lowest BCUT2D eigenvalue weighted by atomic mass is 9.82. The molecule has 0 aromatic heterocycles. The van der Waals surface area contributed by atoms with Crippen molar-refractivity contribution in [2.75, 3.05) is 6.54 Å². The number of carbonyl (C=O) groups is 1. The molecule has 1 rings (SSSR count). The Morgan fingerprint density at radius 1 is 1.26 bits per heavy atom. The van der Waals surface area contributed by atoms with Crippen LogP contribution in [0.4, 0.5) is 8.78 Å². The van der Waals surface area contributed by atoms with Gasteiger partial charge in [-0.05, 0) is 25.0 Å². The van der Waals surface area contributed by atoms with E-state index in [1.807, 2.05) is 0 Å². The zero-order valence-corrected chi connectivity index (χ0v) is 11.2. The number of hydrogen-bond acceptors (Lipinski definition) is 2. The van der Waals surface area contributed by atoms with E-state index >= 15 is 0 Å². The average molecular weight is 271 g/mol. The van der Waals surface area contributed by atoms with Crippen LogP contribution in [-0.2, 0) is 11.3 Å². The summed E-state index contributed by atoms with van der Waals surface area (Å²) in [5.74, 6) is -2.14. The summed E-state index contributed by atoms with van der Waals surface area (Å²) in [7, 11) is 0. The topological polar surface area (TPSA) is 49.3 Å². The van der Waals surface area contributed by atoms with Crippen LogP contribution in [-0.4, -0.2) is 17.6 Å². The molecule has 0 aliphatic rings. The Morgan fingerprint density at radius 2 is 1.79 bits per heavy atom. The molecule has 3 nitrogen and oxygen atoms in total. The maximum Gasteiger partial charge on any atom is 0.310 e. The van der Waals surface area contributed by atoms with Gasteiger partial charge in [-0.2, -0.15) is 0 Å². The molecule has 0 saturated carbocycles. The summed E-state index contributed by atoms with van der Waals surface area (Å²) in [6.07, 6.45) is 0.928. The van der Waals surface area contributed by atoms with E-state index in [0.29, 0.717) is 12.8 Å². The minimum atomic E-state index is -0.890. The summed E-state index contributed by atoms with van der Waals surface area (Å²) in [5.41, 5.74) is -0.948. The molecule has 0 saturated heterocycles. The van der Waals surface area contributed by atoms with E-state index in [-0.39, 0.29) is 18.7 Å². The first-order chi connectivity index (χ1) is 8.96. The van der Waals surface area contributed by atoms with Crippen molar-refractivity contribution < 1.29 is 18.7 Å². The van der Waals surface area contributed by atoms with Gasteiger partial charge in [-0.25, -0.2) is 8.78 Å². The molecule has 1 aromatic carbocycles. The molecule has 0 radical (unpaired) electrons. The first kappa shape index (κ1) is 15.6. The third-order valence-corrected chi connectivity index (χ3v) is 3.63. The standard InChI is InChI=1S/C14H19F2NO2/c1-3-14(4-2,13(18)19)9-17-8-10-11(15)6-5-7-12(10)16/h5-7,17H,3-4,8-9H2,1-2H3,(H,18,19). The van der Waals surface area contributed by atoms with Gasteiger partial charge in [0.15, 0.2) is 0 Å². The molecular weight excluding hydrogens is 252 g/mol. The quantitative estimate of drug-likeness (QED) is 0.801. The number of nitrogens with one attached hydrogen (secondary N) is 1. The normalized spacial score (nSPS) is 11.6. The lowest BCUT2D eigenvalue weighted by Crippen LogP contribution is -2.40. The second kappa shape index (κ2) is 6.61. The molecule has 0 amide bonds. The van der Waals surface area contributed by atoms with E-state index in [2.05, 4.69) is 5.32 Å². The number of benzene rings is 1. The molecule has 1 aromatic rings. The molecule has 0 spiro atoms. The number of carboxylic acids is 1. The molecule has 0 heterocycles. The van der Waals surface area contributed by atoms with Crippen molar-refractivity contribution in [3.05, 3.63) is 35.4 Å². The van der Waals surface area contributed by atoms with Crippen molar-refractivity contribution in [3.8, 4) is 0 Å². The maximum atomic E-state index is 13.4. The van der Waals surface area contributed by atoms with Crippen LogP contribution in [0, 0.1) is 17.0 Å². The highest BCUT2D eigenvalue weighted by Crippen LogP contribution is 2.26. The van der Waals surface area contributed by atoms with Gasteiger partial charge in [0.25, 0.3) is 0 Å². The zero-order chi connectivity index (χ0) is 14.5. The Balaban J connectivity index is 2.70. The fraction of sp³-hybridized carbons (Fsp3) is 0.500. The summed E-state index contributed by atoms with van der Waals surface area (Å²) in [6.45, 7) is 3.75. The molecule has 5 heteroatoms. The Morgan fingerprint density at radius 3 is 2.21 bits per heavy atom. The van der Waals surface area contributed by atoms with Crippen molar-refractivity contribution in [1.29, 1.82) is 0 Å². The van der Waals surface area contributed by atoms with E-state index in [9.17, 15) is 18.7 Å². The first-order valence-corrected chi connectivity index (χ1v) is 6.34. The molecule has 19 heavy (non-hydrogen) atoms. The highest BCUT2D eigenvalue weighted by Gasteiger charge is 2.34. The number of carboxylic acid groups (broad SMARTS) is 1. The second-order valence-corrected chi connectivity index (χ2v) is 4.60. The van der Waals surface area contributed by atoms with E-state index in [0.717, 1.165) is 0 Å². The number of aliphatic carboxylic acids is 1. The van der Waals surface area contributed by atoms with Crippen LogP contribution in [0.1, 0.15) is 32.3 Å². The summed E-state index contributed by atoms with van der Waals surface area (Å²) in [5, 5.41) is 12.1. The van der Waals surface area contributed by atoms with Crippen LogP contribution in [0.5, 0.6) is 0 Å². The maximum absolute atomic E-state index is 13.4. The average Bonchev–Trinajstić information content (AvgIpc) is 2.38. The molecule has 106 valence electrons. The summed E-state index contributed by atoms with van der Waals surface area (Å²) in [6, 6.07) is 3.67. The second-order valence-electron chi connectivity index (χ2n) is 4.60. The first-order valence-electron chi connectivity index (χ1n) is 6.34. The predicted molar refractivity (Wildman–Crippen MR) is 68.7 cm³/mol. The summed E-state index contributed by atoms with van der Waals surface area (Å²) >= 11 is 0. The van der Waals surface area contributed by atoms with Crippen LogP contribution in [0.3, 0.4) is 0 Å². The fourth-order valence-electron chi connectivity index (χ4n) is 2.01. The van der Waals surface area contributed by atoms with E-state index < -0.39 is 23.0 Å². The van der Waals surface area contributed by atoms with Crippen LogP contribution >= 0.6 is 0 Å². The van der Waals surface area contributed by atoms with Gasteiger partial charge in [-0.1, -0.05) is 19.9 Å². The molecule has 0 fully saturated rings. The highest BCUT2D eigenvalue weighted by atomic mass is 19.1. The molecule has 2 N–H and O–H groups in total. The smallest absolute Gasteiger partial charge is 0.310 e. The van der Waals surface area contributed by atoms with Gasteiger partial charge < -0.3 is 10.4 Å². The lowest BCUT2D eigenvalue weighted by Gasteiger charge is -2.27. The molecule has 0 aliphatic heterocycles. The molecular formula is C14H19F2NO2. The van der Waals surface area contributed by atoms with Crippen molar-refractivity contribution >= 4 is 5.97 Å². The predicted octanol–water partition coefficient (Wildman–Crippen LogP) is 2.95. The number of hydrogen-bond donors (Lipinski definition) is 2. The van der Waals surface area contributed by atoms with Crippen LogP contribution in [0.2, 0.25) is 0 Å². The van der Waals surface area contributed by atoms with Crippen LogP contribution in [0.15, 0.2) is 18.2 Å². The fourth-order valence-corrected chi connectivity index (χ4v) is 2.01. The van der Waals surface area contributed by atoms with Gasteiger partial charge in [0, 0.05) is 18.7 Å². The van der Waals surface area contributed by atoms with Crippen molar-refractivity contribution in [1.82, 2.24) is 5.32 Å². The molecule has 0 bridgehead atoms. The Bertz CT molecular complexity index is 425. The summed E-state index contributed by atoms with van der Waals surface area (Å²) < 4.78 is 26.8. The van der Waals surface area contributed by atoms with E-state index in [1.165, 1.54) is 18.2 Å². The number of halogens is 2. The van der Waals surface area contributed by atoms with Gasteiger partial charge >= 0.3 is 5.97 Å². The number of rotatable bonds is 7. The van der Waals surface area contributed by atoms with E-state index in [1.54, 1.807) is 13.8 Å². The highest BCUT2D eigenvalue weighted by molar-refractivity contribution is 5.74. The molecule has 0 atom stereocenters. The SMILES string of the molecule is CCC(CC)(CNCc1c(F)cccc1F)C(=O)O. The minimum Gasteiger partial charge on any atom is -0.481 e. The largest absolute Gasteiger partial charge is 0.481 e. The van der Waals surface area contributed by atoms with Crippen molar-refractivity contribution in [2.24, 2.45) is 5.41 Å². The lowest BCUT2D eigenvalue weighted by molar-refractivity contribution is -0.149. The third-order valence-electron chi connectivity index (χ3n) is 3.63. The molecule has 0 aliphatic carbocycles. The Hall–Kier alpha value is -1.49. The van der Waals surface area contributed by atoms with Crippen molar-refractivity contribution in [2.45, 2.75) is 33.2 Å².